The zero-order chi connectivity index (χ0) is 19.4. The predicted molar refractivity (Wildman–Crippen MR) is 107 cm³/mol. The number of nitrogens with one attached hydrogen (secondary N) is 1. The van der Waals surface area contributed by atoms with Crippen molar-refractivity contribution in [2.45, 2.75) is 6.92 Å². The second kappa shape index (κ2) is 8.24. The normalized spacial score (nSPS) is 10.9. The maximum atomic E-state index is 12.4. The van der Waals surface area contributed by atoms with Gasteiger partial charge >= 0.3 is 5.97 Å². The van der Waals surface area contributed by atoms with Crippen LogP contribution in [-0.2, 0) is 9.53 Å². The quantitative estimate of drug-likeness (QED) is 0.458. The van der Waals surface area contributed by atoms with Gasteiger partial charge in [-0.15, -0.1) is 11.3 Å². The summed E-state index contributed by atoms with van der Waals surface area (Å²) in [5.41, 5.74) is 1.86. The molecule has 2 aromatic heterocycles. The van der Waals surface area contributed by atoms with Gasteiger partial charge in [0.25, 0.3) is 0 Å². The van der Waals surface area contributed by atoms with Gasteiger partial charge in [-0.1, -0.05) is 23.7 Å². The van der Waals surface area contributed by atoms with Crippen LogP contribution in [0.4, 0.5) is 5.00 Å². The Labute approximate surface area is 165 Å². The van der Waals surface area contributed by atoms with Crippen LogP contribution in [0.1, 0.15) is 21.0 Å². The van der Waals surface area contributed by atoms with Crippen LogP contribution in [0.15, 0.2) is 53.2 Å². The number of furan rings is 1. The maximum absolute atomic E-state index is 12.4. The van der Waals surface area contributed by atoms with E-state index >= 15 is 0 Å². The zero-order valence-corrected chi connectivity index (χ0v) is 16.2. The first-order valence-corrected chi connectivity index (χ1v) is 9.19. The minimum Gasteiger partial charge on any atom is -0.465 e. The van der Waals surface area contributed by atoms with E-state index in [9.17, 15) is 9.59 Å². The molecule has 0 spiro atoms. The van der Waals surface area contributed by atoms with Gasteiger partial charge in [0, 0.05) is 21.5 Å². The van der Waals surface area contributed by atoms with E-state index in [1.807, 2.05) is 19.1 Å². The third-order valence-electron chi connectivity index (χ3n) is 3.79. The Balaban J connectivity index is 1.95. The fourth-order valence-electron chi connectivity index (χ4n) is 2.59. The molecular formula is C20H16ClNO4S. The molecule has 0 aliphatic heterocycles. The van der Waals surface area contributed by atoms with Crippen LogP contribution in [0.3, 0.4) is 0 Å². The number of anilines is 1. The van der Waals surface area contributed by atoms with Crippen molar-refractivity contribution in [3.63, 3.8) is 0 Å². The van der Waals surface area contributed by atoms with Gasteiger partial charge in [0.05, 0.1) is 13.4 Å². The number of methoxy groups -OCH3 is 1. The summed E-state index contributed by atoms with van der Waals surface area (Å²) in [6, 6.07) is 10.6. The minimum atomic E-state index is -0.519. The summed E-state index contributed by atoms with van der Waals surface area (Å²) >= 11 is 7.27. The van der Waals surface area contributed by atoms with Crippen molar-refractivity contribution in [2.75, 3.05) is 12.4 Å². The molecule has 0 bridgehead atoms. The summed E-state index contributed by atoms with van der Waals surface area (Å²) in [5.74, 6) is -0.336. The molecule has 0 aliphatic rings. The largest absolute Gasteiger partial charge is 0.465 e. The van der Waals surface area contributed by atoms with Crippen LogP contribution in [0.5, 0.6) is 0 Å². The van der Waals surface area contributed by atoms with E-state index in [0.717, 1.165) is 10.4 Å². The number of carbonyl (C=O) groups excluding carboxylic acids is 2. The molecule has 0 radical (unpaired) electrons. The van der Waals surface area contributed by atoms with Crippen LogP contribution < -0.4 is 5.32 Å². The summed E-state index contributed by atoms with van der Waals surface area (Å²) in [4.78, 5) is 25.6. The molecule has 138 valence electrons. The van der Waals surface area contributed by atoms with E-state index in [1.165, 1.54) is 30.8 Å². The molecule has 3 aromatic rings. The molecule has 0 atom stereocenters. The predicted octanol–water partition coefficient (Wildman–Crippen LogP) is 5.41. The van der Waals surface area contributed by atoms with Crippen molar-refractivity contribution in [3.8, 4) is 11.1 Å². The first-order chi connectivity index (χ1) is 13.0. The molecule has 7 heteroatoms. The number of amides is 1. The maximum Gasteiger partial charge on any atom is 0.341 e. The molecule has 3 rings (SSSR count). The highest BCUT2D eigenvalue weighted by molar-refractivity contribution is 7.17. The topological polar surface area (TPSA) is 68.5 Å². The molecule has 27 heavy (non-hydrogen) atoms. The lowest BCUT2D eigenvalue weighted by Crippen LogP contribution is -2.11. The molecule has 1 N–H and O–H groups in total. The third-order valence-corrected chi connectivity index (χ3v) is 5.06. The first kappa shape index (κ1) is 18.9. The third kappa shape index (κ3) is 4.30. The second-order valence-corrected chi connectivity index (χ2v) is 7.24. The van der Waals surface area contributed by atoms with E-state index in [-0.39, 0.29) is 5.91 Å². The van der Waals surface area contributed by atoms with E-state index in [1.54, 1.807) is 30.3 Å². The van der Waals surface area contributed by atoms with Crippen LogP contribution in [0.2, 0.25) is 5.02 Å². The molecular weight excluding hydrogens is 386 g/mol. The van der Waals surface area contributed by atoms with Gasteiger partial charge in [-0.3, -0.25) is 4.79 Å². The Morgan fingerprint density at radius 1 is 1.22 bits per heavy atom. The number of hydrogen-bond acceptors (Lipinski definition) is 5. The van der Waals surface area contributed by atoms with Crippen LogP contribution in [-0.4, -0.2) is 19.0 Å². The molecule has 5 nitrogen and oxygen atoms in total. The Kier molecular flexibility index (Phi) is 5.78. The standard InChI is InChI=1S/C20H16ClNO4S/c1-12-17(13-5-7-14(21)8-6-13)18(20(24)25-2)19(27-12)22-16(23)10-9-15-4-3-11-26-15/h3-11H,1-2H3,(H,22,23)/b10-9+. The number of ether oxygens (including phenoxy) is 1. The van der Waals surface area contributed by atoms with E-state index in [2.05, 4.69) is 5.32 Å². The lowest BCUT2D eigenvalue weighted by Gasteiger charge is -2.07. The second-order valence-electron chi connectivity index (χ2n) is 5.57. The van der Waals surface area contributed by atoms with Gasteiger partial charge in [0.15, 0.2) is 0 Å². The summed E-state index contributed by atoms with van der Waals surface area (Å²) in [7, 11) is 1.31. The van der Waals surface area contributed by atoms with Crippen molar-refractivity contribution in [1.82, 2.24) is 0 Å². The van der Waals surface area contributed by atoms with Crippen LogP contribution in [0.25, 0.3) is 17.2 Å². The number of aryl methyl sites for hydroxylation is 1. The van der Waals surface area contributed by atoms with Gasteiger partial charge in [-0.05, 0) is 42.8 Å². The lowest BCUT2D eigenvalue weighted by molar-refractivity contribution is -0.111. The monoisotopic (exact) mass is 401 g/mol. The number of benzene rings is 1. The smallest absolute Gasteiger partial charge is 0.341 e. The molecule has 1 amide bonds. The SMILES string of the molecule is COC(=O)c1c(NC(=O)/C=C/c2ccco2)sc(C)c1-c1ccc(Cl)cc1. The summed E-state index contributed by atoms with van der Waals surface area (Å²) < 4.78 is 10.1. The molecule has 0 aliphatic carbocycles. The molecule has 1 aromatic carbocycles. The van der Waals surface area contributed by atoms with E-state index in [4.69, 9.17) is 20.8 Å². The van der Waals surface area contributed by atoms with Crippen LogP contribution >= 0.6 is 22.9 Å². The van der Waals surface area contributed by atoms with Crippen molar-refractivity contribution in [3.05, 3.63) is 70.0 Å². The molecule has 2 heterocycles. The highest BCUT2D eigenvalue weighted by Gasteiger charge is 2.24. The van der Waals surface area contributed by atoms with Crippen molar-refractivity contribution < 1.29 is 18.7 Å². The first-order valence-electron chi connectivity index (χ1n) is 8.00. The number of thiophene rings is 1. The Morgan fingerprint density at radius 3 is 2.59 bits per heavy atom. The average molecular weight is 402 g/mol. The Bertz CT molecular complexity index is 988. The summed E-state index contributed by atoms with van der Waals surface area (Å²) in [6.07, 6.45) is 4.42. The van der Waals surface area contributed by atoms with Crippen molar-refractivity contribution in [2.24, 2.45) is 0 Å². The van der Waals surface area contributed by atoms with Crippen LogP contribution in [0, 0.1) is 6.92 Å². The molecule has 0 saturated carbocycles. The van der Waals surface area contributed by atoms with Crippen molar-refractivity contribution in [1.29, 1.82) is 0 Å². The van der Waals surface area contributed by atoms with Crippen molar-refractivity contribution >= 4 is 45.9 Å². The summed E-state index contributed by atoms with van der Waals surface area (Å²) in [5, 5.41) is 3.78. The van der Waals surface area contributed by atoms with E-state index < -0.39 is 5.97 Å². The van der Waals surface area contributed by atoms with Gasteiger partial charge in [-0.25, -0.2) is 4.79 Å². The van der Waals surface area contributed by atoms with Gasteiger partial charge in [-0.2, -0.15) is 0 Å². The van der Waals surface area contributed by atoms with Gasteiger partial charge in [0.1, 0.15) is 16.3 Å². The fourth-order valence-corrected chi connectivity index (χ4v) is 3.78. The Hall–Kier alpha value is -2.83. The molecule has 0 fully saturated rings. The van der Waals surface area contributed by atoms with E-state index in [0.29, 0.717) is 26.9 Å². The van der Waals surface area contributed by atoms with Gasteiger partial charge < -0.3 is 14.5 Å². The zero-order valence-electron chi connectivity index (χ0n) is 14.6. The molecule has 0 unspecified atom stereocenters. The number of halogens is 1. The number of esters is 1. The molecule has 0 saturated heterocycles. The highest BCUT2D eigenvalue weighted by Crippen LogP contribution is 2.40. The number of hydrogen-bond donors (Lipinski definition) is 1. The lowest BCUT2D eigenvalue weighted by atomic mass is 10.0. The Morgan fingerprint density at radius 2 is 1.96 bits per heavy atom. The summed E-state index contributed by atoms with van der Waals surface area (Å²) in [6.45, 7) is 1.88. The fraction of sp³-hybridized carbons (Fsp3) is 0.100. The van der Waals surface area contributed by atoms with Gasteiger partial charge in [0.2, 0.25) is 5.91 Å². The minimum absolute atomic E-state index is 0.321. The number of rotatable bonds is 5. The number of carbonyl (C=O) groups is 2. The average Bonchev–Trinajstić information content (AvgIpc) is 3.28. The highest BCUT2D eigenvalue weighted by atomic mass is 35.5.